The highest BCUT2D eigenvalue weighted by Crippen LogP contribution is 2.37. The number of amides is 1. The van der Waals surface area contributed by atoms with Crippen LogP contribution in [0.25, 0.3) is 5.65 Å². The maximum atomic E-state index is 14.3. The standard InChI is InChI=1S/C20H21FN6O/c1-12-4-5-16-14(9-13(21)10-22-16)17-3-2-7-26(17)18-6-8-27-19(25-18)15(11-23-27)20(28)24-12/h6,8-12,17H,2-5,7H2,1H3,(H,24,28)/t12-,17-/m1/s1/i4D2,5D2. The Morgan fingerprint density at radius 3 is 3.18 bits per heavy atom. The second-order valence-electron chi connectivity index (χ2n) is 7.02. The summed E-state index contributed by atoms with van der Waals surface area (Å²) in [6.45, 7) is 1.98. The number of carbonyl (C=O) groups is 1. The molecule has 0 saturated carbocycles. The van der Waals surface area contributed by atoms with Gasteiger partial charge in [-0.1, -0.05) is 0 Å². The van der Waals surface area contributed by atoms with Gasteiger partial charge in [0.15, 0.2) is 5.65 Å². The number of anilines is 1. The molecule has 0 unspecified atom stereocenters. The molecule has 2 aliphatic rings. The van der Waals surface area contributed by atoms with Gasteiger partial charge in [-0.25, -0.2) is 13.9 Å². The average Bonchev–Trinajstić information content (AvgIpc) is 3.39. The third-order valence-corrected chi connectivity index (χ3v) is 5.14. The maximum absolute atomic E-state index is 14.3. The first-order valence-corrected chi connectivity index (χ1v) is 9.19. The van der Waals surface area contributed by atoms with Crippen LogP contribution in [0.4, 0.5) is 10.2 Å². The molecule has 1 fully saturated rings. The highest BCUT2D eigenvalue weighted by Gasteiger charge is 2.31. The van der Waals surface area contributed by atoms with E-state index < -0.39 is 36.6 Å². The lowest BCUT2D eigenvalue weighted by Gasteiger charge is -2.27. The lowest BCUT2D eigenvalue weighted by molar-refractivity contribution is 0.0940. The fourth-order valence-corrected chi connectivity index (χ4v) is 3.84. The molecular weight excluding hydrogens is 359 g/mol. The van der Waals surface area contributed by atoms with E-state index in [1.165, 1.54) is 23.7 Å². The summed E-state index contributed by atoms with van der Waals surface area (Å²) in [5, 5.41) is 6.70. The molecule has 5 rings (SSSR count). The number of rotatable bonds is 0. The van der Waals surface area contributed by atoms with Crippen LogP contribution in [0.1, 0.15) is 59.3 Å². The molecule has 2 aliphatic heterocycles. The zero-order valence-electron chi connectivity index (χ0n) is 19.2. The van der Waals surface area contributed by atoms with Gasteiger partial charge < -0.3 is 10.2 Å². The Morgan fingerprint density at radius 1 is 1.39 bits per heavy atom. The predicted octanol–water partition coefficient (Wildman–Crippen LogP) is 2.67. The average molecular weight is 384 g/mol. The van der Waals surface area contributed by atoms with Crippen molar-refractivity contribution in [2.45, 2.75) is 44.6 Å². The number of nitrogens with zero attached hydrogens (tertiary/aromatic N) is 5. The van der Waals surface area contributed by atoms with Crippen molar-refractivity contribution < 1.29 is 14.7 Å². The van der Waals surface area contributed by atoms with Crippen molar-refractivity contribution in [2.75, 3.05) is 11.4 Å². The normalized spacial score (nSPS) is 27.9. The van der Waals surface area contributed by atoms with Crippen LogP contribution in [0.2, 0.25) is 0 Å². The highest BCUT2D eigenvalue weighted by molar-refractivity contribution is 5.99. The van der Waals surface area contributed by atoms with E-state index in [2.05, 4.69) is 20.4 Å². The van der Waals surface area contributed by atoms with Crippen LogP contribution >= 0.6 is 0 Å². The van der Waals surface area contributed by atoms with Gasteiger partial charge in [0.1, 0.15) is 17.2 Å². The molecule has 1 N–H and O–H groups in total. The largest absolute Gasteiger partial charge is 0.349 e. The molecule has 1 amide bonds. The van der Waals surface area contributed by atoms with Crippen molar-refractivity contribution in [3.8, 4) is 0 Å². The minimum absolute atomic E-state index is 0.159. The summed E-state index contributed by atoms with van der Waals surface area (Å²) in [5.74, 6) is -0.693. The molecule has 0 aromatic carbocycles. The first-order chi connectivity index (χ1) is 15.1. The number of nitrogens with one attached hydrogen (secondary N) is 1. The van der Waals surface area contributed by atoms with Crippen molar-refractivity contribution in [1.82, 2.24) is 24.9 Å². The monoisotopic (exact) mass is 384 g/mol. The lowest BCUT2D eigenvalue weighted by atomic mass is 9.98. The fraction of sp³-hybridized carbons (Fsp3) is 0.400. The van der Waals surface area contributed by atoms with E-state index in [4.69, 9.17) is 5.48 Å². The van der Waals surface area contributed by atoms with Gasteiger partial charge in [0.2, 0.25) is 0 Å². The van der Waals surface area contributed by atoms with Gasteiger partial charge in [0, 0.05) is 30.0 Å². The van der Waals surface area contributed by atoms with Crippen LogP contribution in [0, 0.1) is 5.82 Å². The Labute approximate surface area is 167 Å². The summed E-state index contributed by atoms with van der Waals surface area (Å²) in [6.07, 6.45) is 0.107. The van der Waals surface area contributed by atoms with Crippen LogP contribution in [0.15, 0.2) is 30.7 Å². The molecular formula is C20H21FN6O. The lowest BCUT2D eigenvalue weighted by Crippen LogP contribution is -2.33. The molecule has 7 nitrogen and oxygen atoms in total. The maximum Gasteiger partial charge on any atom is 0.256 e. The summed E-state index contributed by atoms with van der Waals surface area (Å²) in [6, 6.07) is 1.29. The molecule has 0 radical (unpaired) electrons. The molecule has 2 atom stereocenters. The Balaban J connectivity index is 1.79. The summed E-state index contributed by atoms with van der Waals surface area (Å²) in [4.78, 5) is 23.5. The number of aromatic nitrogens is 4. The molecule has 1 saturated heterocycles. The Morgan fingerprint density at radius 2 is 2.29 bits per heavy atom. The van der Waals surface area contributed by atoms with E-state index in [9.17, 15) is 9.18 Å². The SMILES string of the molecule is [2H]C1([2H])c2ncc(F)cc2[C@H]2CCCN2c2ccn3ncc(c3n2)C(=O)N[C@H](C)C1([2H])[2H]. The van der Waals surface area contributed by atoms with Crippen molar-refractivity contribution in [3.05, 3.63) is 53.4 Å². The Hall–Kier alpha value is -3.03. The minimum Gasteiger partial charge on any atom is -0.349 e. The van der Waals surface area contributed by atoms with E-state index in [1.54, 1.807) is 12.3 Å². The first-order valence-electron chi connectivity index (χ1n) is 11.2. The van der Waals surface area contributed by atoms with Gasteiger partial charge in [-0.2, -0.15) is 5.10 Å². The minimum atomic E-state index is -2.62. The topological polar surface area (TPSA) is 75.4 Å². The number of halogens is 1. The predicted molar refractivity (Wildman–Crippen MR) is 102 cm³/mol. The number of hydrogen-bond donors (Lipinski definition) is 1. The van der Waals surface area contributed by atoms with Crippen molar-refractivity contribution in [3.63, 3.8) is 0 Å². The zero-order chi connectivity index (χ0) is 22.8. The van der Waals surface area contributed by atoms with E-state index in [0.717, 1.165) is 12.6 Å². The molecule has 3 aromatic rings. The van der Waals surface area contributed by atoms with Gasteiger partial charge in [-0.15, -0.1) is 0 Å². The van der Waals surface area contributed by atoms with Gasteiger partial charge in [-0.05, 0) is 50.2 Å². The van der Waals surface area contributed by atoms with Gasteiger partial charge in [0.05, 0.1) is 18.4 Å². The molecule has 2 bridgehead atoms. The summed E-state index contributed by atoms with van der Waals surface area (Å²) in [7, 11) is 0. The number of pyridine rings is 1. The van der Waals surface area contributed by atoms with Crippen molar-refractivity contribution in [1.29, 1.82) is 0 Å². The third kappa shape index (κ3) is 2.80. The number of carbonyl (C=O) groups excluding carboxylic acids is 1. The molecule has 0 spiro atoms. The van der Waals surface area contributed by atoms with Gasteiger partial charge in [0.25, 0.3) is 5.91 Å². The molecule has 28 heavy (non-hydrogen) atoms. The second kappa shape index (κ2) is 6.54. The number of fused-ring (bicyclic) bond motifs is 5. The summed E-state index contributed by atoms with van der Waals surface area (Å²) < 4.78 is 50.4. The smallest absolute Gasteiger partial charge is 0.256 e. The van der Waals surface area contributed by atoms with E-state index in [-0.39, 0.29) is 16.8 Å². The van der Waals surface area contributed by atoms with E-state index >= 15 is 0 Å². The fourth-order valence-electron chi connectivity index (χ4n) is 3.84. The van der Waals surface area contributed by atoms with Crippen LogP contribution in [-0.4, -0.2) is 38.1 Å². The zero-order valence-corrected chi connectivity index (χ0v) is 15.2. The second-order valence-corrected chi connectivity index (χ2v) is 7.02. The van der Waals surface area contributed by atoms with Gasteiger partial charge >= 0.3 is 0 Å². The Bertz CT molecular complexity index is 1230. The number of hydrogen-bond acceptors (Lipinski definition) is 5. The van der Waals surface area contributed by atoms with Crippen LogP contribution in [0.5, 0.6) is 0 Å². The molecule has 5 heterocycles. The van der Waals surface area contributed by atoms with Crippen molar-refractivity contribution >= 4 is 17.4 Å². The van der Waals surface area contributed by atoms with Crippen LogP contribution < -0.4 is 10.2 Å². The summed E-state index contributed by atoms with van der Waals surface area (Å²) >= 11 is 0. The number of aryl methyl sites for hydroxylation is 1. The Kier molecular flexibility index (Phi) is 3.08. The molecule has 8 heteroatoms. The van der Waals surface area contributed by atoms with Crippen molar-refractivity contribution in [2.24, 2.45) is 0 Å². The van der Waals surface area contributed by atoms with E-state index in [0.29, 0.717) is 24.4 Å². The highest BCUT2D eigenvalue weighted by atomic mass is 19.1. The van der Waals surface area contributed by atoms with Crippen LogP contribution in [-0.2, 0) is 6.37 Å². The first kappa shape index (κ1) is 13.2. The van der Waals surface area contributed by atoms with Gasteiger partial charge in [-0.3, -0.25) is 9.78 Å². The molecule has 3 aromatic heterocycles. The van der Waals surface area contributed by atoms with E-state index in [1.807, 2.05) is 4.90 Å². The summed E-state index contributed by atoms with van der Waals surface area (Å²) in [5.41, 5.74) is 0.569. The quantitative estimate of drug-likeness (QED) is 0.645. The third-order valence-electron chi connectivity index (χ3n) is 5.14. The molecule has 144 valence electrons. The van der Waals surface area contributed by atoms with Crippen LogP contribution in [0.3, 0.4) is 0 Å². The molecule has 0 aliphatic carbocycles.